The van der Waals surface area contributed by atoms with Crippen molar-refractivity contribution in [3.8, 4) is 11.3 Å². The molecule has 0 amide bonds. The van der Waals surface area contributed by atoms with Gasteiger partial charge in [-0.05, 0) is 32.0 Å². The van der Waals surface area contributed by atoms with Crippen molar-refractivity contribution in [1.29, 1.82) is 0 Å². The van der Waals surface area contributed by atoms with Crippen molar-refractivity contribution in [2.24, 2.45) is 7.05 Å². The van der Waals surface area contributed by atoms with E-state index in [0.717, 1.165) is 22.2 Å². The zero-order chi connectivity index (χ0) is 14.3. The van der Waals surface area contributed by atoms with Crippen molar-refractivity contribution in [2.75, 3.05) is 0 Å². The zero-order valence-electron chi connectivity index (χ0n) is 11.7. The average Bonchev–Trinajstić information content (AvgIpc) is 2.43. The fourth-order valence-corrected chi connectivity index (χ4v) is 2.32. The second-order valence-corrected chi connectivity index (χ2v) is 5.00. The molecule has 2 aromatic heterocycles. The third-order valence-electron chi connectivity index (χ3n) is 3.37. The van der Waals surface area contributed by atoms with Crippen molar-refractivity contribution in [3.05, 3.63) is 58.1 Å². The summed E-state index contributed by atoms with van der Waals surface area (Å²) in [6.45, 7) is 3.94. The molecule has 3 aromatic rings. The molecule has 0 atom stereocenters. The van der Waals surface area contributed by atoms with Gasteiger partial charge in [-0.25, -0.2) is 9.78 Å². The summed E-state index contributed by atoms with van der Waals surface area (Å²) in [5.41, 5.74) is 4.04. The summed E-state index contributed by atoms with van der Waals surface area (Å²) in [4.78, 5) is 20.7. The first-order valence-corrected chi connectivity index (χ1v) is 6.48. The first-order chi connectivity index (χ1) is 9.56. The van der Waals surface area contributed by atoms with Gasteiger partial charge in [0.1, 0.15) is 5.65 Å². The van der Waals surface area contributed by atoms with E-state index in [0.29, 0.717) is 11.3 Å². The molecule has 0 fully saturated rings. The molecule has 0 radical (unpaired) electrons. The molecule has 0 saturated carbocycles. The van der Waals surface area contributed by atoms with Crippen LogP contribution in [-0.2, 0) is 7.05 Å². The lowest BCUT2D eigenvalue weighted by Gasteiger charge is -2.09. The topological polar surface area (TPSA) is 47.8 Å². The smallest absolute Gasteiger partial charge is 0.279 e. The second kappa shape index (κ2) is 4.56. The van der Waals surface area contributed by atoms with Crippen LogP contribution in [0.25, 0.3) is 22.3 Å². The van der Waals surface area contributed by atoms with E-state index in [1.165, 1.54) is 4.57 Å². The molecule has 100 valence electrons. The molecule has 0 bridgehead atoms. The number of aryl methyl sites for hydroxylation is 3. The highest BCUT2D eigenvalue weighted by Gasteiger charge is 2.11. The third kappa shape index (κ3) is 1.99. The number of nitrogens with zero attached hydrogens (tertiary/aromatic N) is 3. The monoisotopic (exact) mass is 265 g/mol. The Morgan fingerprint density at radius 1 is 1.05 bits per heavy atom. The van der Waals surface area contributed by atoms with E-state index >= 15 is 0 Å². The Morgan fingerprint density at radius 2 is 1.85 bits per heavy atom. The predicted octanol–water partition coefficient (Wildman–Crippen LogP) is 2.61. The highest BCUT2D eigenvalue weighted by molar-refractivity contribution is 5.90. The molecule has 20 heavy (non-hydrogen) atoms. The number of pyridine rings is 1. The first kappa shape index (κ1) is 12.5. The molecule has 4 nitrogen and oxygen atoms in total. The fourth-order valence-electron chi connectivity index (χ4n) is 2.32. The van der Waals surface area contributed by atoms with E-state index in [4.69, 9.17) is 0 Å². The molecule has 1 aromatic carbocycles. The maximum Gasteiger partial charge on any atom is 0.349 e. The summed E-state index contributed by atoms with van der Waals surface area (Å²) < 4.78 is 1.49. The number of aromatic nitrogens is 3. The number of rotatable bonds is 1. The largest absolute Gasteiger partial charge is 0.349 e. The summed E-state index contributed by atoms with van der Waals surface area (Å²) in [5, 5.41) is 0.892. The van der Waals surface area contributed by atoms with Gasteiger partial charge >= 0.3 is 5.69 Å². The van der Waals surface area contributed by atoms with E-state index in [1.54, 1.807) is 7.05 Å². The maximum absolute atomic E-state index is 12.0. The quantitative estimate of drug-likeness (QED) is 0.679. The van der Waals surface area contributed by atoms with Gasteiger partial charge in [0.2, 0.25) is 0 Å². The molecule has 0 unspecified atom stereocenters. The zero-order valence-corrected chi connectivity index (χ0v) is 11.7. The van der Waals surface area contributed by atoms with Gasteiger partial charge in [0.15, 0.2) is 0 Å². The molecule has 0 aliphatic heterocycles. The Kier molecular flexibility index (Phi) is 2.86. The van der Waals surface area contributed by atoms with Crippen LogP contribution < -0.4 is 5.69 Å². The number of fused-ring (bicyclic) bond motifs is 1. The van der Waals surface area contributed by atoms with E-state index in [-0.39, 0.29) is 5.69 Å². The van der Waals surface area contributed by atoms with Gasteiger partial charge in [-0.15, -0.1) is 0 Å². The van der Waals surface area contributed by atoms with Gasteiger partial charge in [-0.1, -0.05) is 23.8 Å². The molecule has 0 aliphatic rings. The summed E-state index contributed by atoms with van der Waals surface area (Å²) in [6.07, 6.45) is 0. The lowest BCUT2D eigenvalue weighted by Crippen LogP contribution is -2.21. The second-order valence-electron chi connectivity index (χ2n) is 5.00. The summed E-state index contributed by atoms with van der Waals surface area (Å²) in [6, 6.07) is 11.9. The van der Waals surface area contributed by atoms with Crippen LogP contribution in [0, 0.1) is 13.8 Å². The molecule has 0 N–H and O–H groups in total. The number of hydrogen-bond donors (Lipinski definition) is 0. The minimum Gasteiger partial charge on any atom is -0.279 e. The van der Waals surface area contributed by atoms with Crippen molar-refractivity contribution < 1.29 is 0 Å². The fraction of sp³-hybridized carbons (Fsp3) is 0.188. The third-order valence-corrected chi connectivity index (χ3v) is 3.37. The summed E-state index contributed by atoms with van der Waals surface area (Å²) in [7, 11) is 1.70. The Balaban J connectivity index is 2.42. The van der Waals surface area contributed by atoms with Crippen molar-refractivity contribution in [3.63, 3.8) is 0 Å². The molecule has 2 heterocycles. The van der Waals surface area contributed by atoms with E-state index in [1.807, 2.05) is 50.2 Å². The average molecular weight is 265 g/mol. The van der Waals surface area contributed by atoms with Crippen LogP contribution in [0.3, 0.4) is 0 Å². The van der Waals surface area contributed by atoms with Gasteiger partial charge in [-0.2, -0.15) is 4.98 Å². The van der Waals surface area contributed by atoms with Crippen molar-refractivity contribution in [2.45, 2.75) is 13.8 Å². The molecule has 0 aliphatic carbocycles. The van der Waals surface area contributed by atoms with Gasteiger partial charge in [0.25, 0.3) is 0 Å². The van der Waals surface area contributed by atoms with E-state index in [9.17, 15) is 4.79 Å². The normalized spacial score (nSPS) is 10.9. The molecule has 3 rings (SSSR count). The van der Waals surface area contributed by atoms with Crippen molar-refractivity contribution in [1.82, 2.24) is 14.5 Å². The van der Waals surface area contributed by atoms with Crippen LogP contribution in [0.2, 0.25) is 0 Å². The van der Waals surface area contributed by atoms with Gasteiger partial charge in [0.05, 0.1) is 5.69 Å². The van der Waals surface area contributed by atoms with Crippen LogP contribution in [0.15, 0.2) is 41.2 Å². The van der Waals surface area contributed by atoms with E-state index < -0.39 is 0 Å². The standard InChI is InChI=1S/C16H15N3O/c1-10-5-4-6-12(9-10)14-13-8-7-11(2)17-15(13)19(3)16(20)18-14/h4-9H,1-3H3. The first-order valence-electron chi connectivity index (χ1n) is 6.48. The minimum atomic E-state index is -0.285. The van der Waals surface area contributed by atoms with E-state index in [2.05, 4.69) is 9.97 Å². The predicted molar refractivity (Wildman–Crippen MR) is 79.7 cm³/mol. The lowest BCUT2D eigenvalue weighted by atomic mass is 10.1. The van der Waals surface area contributed by atoms with Crippen LogP contribution in [0.1, 0.15) is 11.3 Å². The molecular weight excluding hydrogens is 250 g/mol. The van der Waals surface area contributed by atoms with Crippen LogP contribution in [0.5, 0.6) is 0 Å². The van der Waals surface area contributed by atoms with Gasteiger partial charge in [-0.3, -0.25) is 4.57 Å². The summed E-state index contributed by atoms with van der Waals surface area (Å²) >= 11 is 0. The van der Waals surface area contributed by atoms with Crippen molar-refractivity contribution >= 4 is 11.0 Å². The maximum atomic E-state index is 12.0. The van der Waals surface area contributed by atoms with Crippen LogP contribution in [-0.4, -0.2) is 14.5 Å². The Labute approximate surface area is 116 Å². The van der Waals surface area contributed by atoms with Crippen LogP contribution >= 0.6 is 0 Å². The molecule has 0 saturated heterocycles. The summed E-state index contributed by atoms with van der Waals surface area (Å²) in [5.74, 6) is 0. The molecule has 4 heteroatoms. The molecular formula is C16H15N3O. The SMILES string of the molecule is Cc1cccc(-c2nc(=O)n(C)c3nc(C)ccc23)c1. The Morgan fingerprint density at radius 3 is 2.60 bits per heavy atom. The molecule has 0 spiro atoms. The lowest BCUT2D eigenvalue weighted by molar-refractivity contribution is 0.838. The minimum absolute atomic E-state index is 0.285. The highest BCUT2D eigenvalue weighted by Crippen LogP contribution is 2.24. The van der Waals surface area contributed by atoms with Gasteiger partial charge < -0.3 is 0 Å². The van der Waals surface area contributed by atoms with Gasteiger partial charge in [0, 0.05) is 23.7 Å². The Bertz CT molecular complexity index is 865. The Hall–Kier alpha value is -2.49. The number of hydrogen-bond acceptors (Lipinski definition) is 3. The highest BCUT2D eigenvalue weighted by atomic mass is 16.1. The van der Waals surface area contributed by atoms with Crippen LogP contribution in [0.4, 0.5) is 0 Å². The number of benzene rings is 1.